The summed E-state index contributed by atoms with van der Waals surface area (Å²) in [6.45, 7) is 1.81. The molecule has 3 aromatic rings. The van der Waals surface area contributed by atoms with Crippen LogP contribution in [0.2, 0.25) is 0 Å². The lowest BCUT2D eigenvalue weighted by atomic mass is 10.0. The summed E-state index contributed by atoms with van der Waals surface area (Å²) < 4.78 is 15.9. The number of cyclic esters (lactones) is 1. The van der Waals surface area contributed by atoms with Crippen molar-refractivity contribution in [3.63, 3.8) is 0 Å². The summed E-state index contributed by atoms with van der Waals surface area (Å²) in [5.41, 5.74) is 2.65. The number of aryl methyl sites for hydroxylation is 1. The number of esters is 1. The standard InChI is InChI=1S/C22H20N2O6/c1-11-8-16(25)14-9-12(4-6-15(14)23-11)24-19(26)10-18-13-5-7-17(28-2)21(29-3)20(13)22(27)30-18/h4-9,18H,10H2,1-3H3,(H,23,25)(H,24,26)/t18-/m1/s1. The lowest BCUT2D eigenvalue weighted by Gasteiger charge is -2.13. The normalized spacial score (nSPS) is 14.9. The highest BCUT2D eigenvalue weighted by Gasteiger charge is 2.36. The highest BCUT2D eigenvalue weighted by molar-refractivity contribution is 6.00. The van der Waals surface area contributed by atoms with E-state index in [1.54, 1.807) is 30.3 Å². The van der Waals surface area contributed by atoms with Crippen LogP contribution in [0.15, 0.2) is 41.2 Å². The number of hydrogen-bond acceptors (Lipinski definition) is 6. The summed E-state index contributed by atoms with van der Waals surface area (Å²) in [6, 6.07) is 9.93. The predicted molar refractivity (Wildman–Crippen MR) is 110 cm³/mol. The highest BCUT2D eigenvalue weighted by atomic mass is 16.6. The average Bonchev–Trinajstić information content (AvgIpc) is 3.03. The molecule has 1 aromatic heterocycles. The van der Waals surface area contributed by atoms with E-state index in [0.29, 0.717) is 27.9 Å². The van der Waals surface area contributed by atoms with E-state index in [9.17, 15) is 14.4 Å². The minimum Gasteiger partial charge on any atom is -0.493 e. The fourth-order valence-electron chi connectivity index (χ4n) is 3.66. The fraction of sp³-hybridized carbons (Fsp3) is 0.227. The van der Waals surface area contributed by atoms with Gasteiger partial charge in [-0.1, -0.05) is 6.07 Å². The Balaban J connectivity index is 1.56. The number of fused-ring (bicyclic) bond motifs is 2. The SMILES string of the molecule is COc1ccc2c(c1OC)C(=O)O[C@@H]2CC(=O)Nc1ccc2[nH]c(C)cc(=O)c2c1. The molecule has 1 aliphatic heterocycles. The molecule has 0 radical (unpaired) electrons. The maximum absolute atomic E-state index is 12.6. The predicted octanol–water partition coefficient (Wildman–Crippen LogP) is 3.09. The maximum Gasteiger partial charge on any atom is 0.343 e. The summed E-state index contributed by atoms with van der Waals surface area (Å²) in [4.78, 5) is 40.2. The van der Waals surface area contributed by atoms with E-state index in [0.717, 1.165) is 5.69 Å². The van der Waals surface area contributed by atoms with Gasteiger partial charge >= 0.3 is 5.97 Å². The molecule has 8 nitrogen and oxygen atoms in total. The van der Waals surface area contributed by atoms with Crippen molar-refractivity contribution in [2.45, 2.75) is 19.4 Å². The largest absolute Gasteiger partial charge is 0.493 e. The minimum absolute atomic E-state index is 0.0729. The van der Waals surface area contributed by atoms with Crippen molar-refractivity contribution in [1.82, 2.24) is 4.98 Å². The fourth-order valence-corrected chi connectivity index (χ4v) is 3.66. The number of anilines is 1. The molecule has 2 aromatic carbocycles. The molecule has 0 bridgehead atoms. The lowest BCUT2D eigenvalue weighted by molar-refractivity contribution is -0.118. The molecule has 8 heteroatoms. The van der Waals surface area contributed by atoms with Crippen LogP contribution in [0.25, 0.3) is 10.9 Å². The van der Waals surface area contributed by atoms with Crippen LogP contribution in [0.1, 0.15) is 34.1 Å². The quantitative estimate of drug-likeness (QED) is 0.629. The number of carbonyl (C=O) groups is 2. The molecule has 0 saturated carbocycles. The Morgan fingerprint density at radius 2 is 1.93 bits per heavy atom. The number of benzene rings is 2. The van der Waals surface area contributed by atoms with Gasteiger partial charge < -0.3 is 24.5 Å². The molecule has 1 atom stereocenters. The topological polar surface area (TPSA) is 107 Å². The number of H-pyrrole nitrogens is 1. The average molecular weight is 408 g/mol. The van der Waals surface area contributed by atoms with E-state index < -0.39 is 12.1 Å². The monoisotopic (exact) mass is 408 g/mol. The molecule has 1 amide bonds. The molecule has 1 aliphatic rings. The van der Waals surface area contributed by atoms with Gasteiger partial charge in [0.25, 0.3) is 0 Å². The van der Waals surface area contributed by atoms with Gasteiger partial charge in [-0.15, -0.1) is 0 Å². The first kappa shape index (κ1) is 19.5. The maximum atomic E-state index is 12.6. The number of pyridine rings is 1. The van der Waals surface area contributed by atoms with Crippen molar-refractivity contribution >= 4 is 28.5 Å². The smallest absolute Gasteiger partial charge is 0.343 e. The Kier molecular flexibility index (Phi) is 4.91. The number of hydrogen-bond donors (Lipinski definition) is 2. The third kappa shape index (κ3) is 3.36. The Hall–Kier alpha value is -3.81. The van der Waals surface area contributed by atoms with Gasteiger partial charge in [0.15, 0.2) is 16.9 Å². The van der Waals surface area contributed by atoms with E-state index in [4.69, 9.17) is 14.2 Å². The van der Waals surface area contributed by atoms with Gasteiger partial charge in [0.1, 0.15) is 11.7 Å². The molecule has 4 rings (SSSR count). The molecule has 0 saturated heterocycles. The van der Waals surface area contributed by atoms with Crippen LogP contribution in [0.3, 0.4) is 0 Å². The summed E-state index contributed by atoms with van der Waals surface area (Å²) in [6.07, 6.45) is -0.810. The zero-order valence-electron chi connectivity index (χ0n) is 16.7. The Bertz CT molecular complexity index is 1230. The molecule has 2 heterocycles. The summed E-state index contributed by atoms with van der Waals surface area (Å²) in [5.74, 6) is -0.216. The van der Waals surface area contributed by atoms with E-state index in [1.807, 2.05) is 6.92 Å². The van der Waals surface area contributed by atoms with Crippen molar-refractivity contribution in [2.24, 2.45) is 0 Å². The third-order valence-electron chi connectivity index (χ3n) is 5.00. The van der Waals surface area contributed by atoms with Crippen LogP contribution in [-0.4, -0.2) is 31.1 Å². The Morgan fingerprint density at radius 3 is 2.67 bits per heavy atom. The van der Waals surface area contributed by atoms with Crippen molar-refractivity contribution in [3.05, 3.63) is 63.4 Å². The van der Waals surface area contributed by atoms with Crippen LogP contribution in [-0.2, 0) is 9.53 Å². The van der Waals surface area contributed by atoms with Crippen LogP contribution in [0.4, 0.5) is 5.69 Å². The van der Waals surface area contributed by atoms with Gasteiger partial charge in [-0.05, 0) is 31.2 Å². The number of aromatic amines is 1. The first-order chi connectivity index (χ1) is 14.4. The van der Waals surface area contributed by atoms with Gasteiger partial charge in [-0.3, -0.25) is 9.59 Å². The van der Waals surface area contributed by atoms with E-state index >= 15 is 0 Å². The summed E-state index contributed by atoms with van der Waals surface area (Å²) in [5, 5.41) is 3.24. The van der Waals surface area contributed by atoms with Crippen molar-refractivity contribution in [2.75, 3.05) is 19.5 Å². The number of methoxy groups -OCH3 is 2. The second kappa shape index (κ2) is 7.55. The van der Waals surface area contributed by atoms with Gasteiger partial charge in [0.2, 0.25) is 5.91 Å². The van der Waals surface area contributed by atoms with E-state index in [2.05, 4.69) is 10.3 Å². The van der Waals surface area contributed by atoms with Crippen molar-refractivity contribution < 1.29 is 23.8 Å². The van der Waals surface area contributed by atoms with Crippen LogP contribution in [0, 0.1) is 6.92 Å². The van der Waals surface area contributed by atoms with Gasteiger partial charge in [-0.2, -0.15) is 0 Å². The van der Waals surface area contributed by atoms with Gasteiger partial charge in [-0.25, -0.2) is 4.79 Å². The second-order valence-corrected chi connectivity index (χ2v) is 6.99. The first-order valence-electron chi connectivity index (χ1n) is 9.30. The van der Waals surface area contributed by atoms with Gasteiger partial charge in [0.05, 0.1) is 20.6 Å². The molecule has 0 aliphatic carbocycles. The van der Waals surface area contributed by atoms with E-state index in [1.165, 1.54) is 20.3 Å². The number of aromatic nitrogens is 1. The Labute approximate surface area is 171 Å². The van der Waals surface area contributed by atoms with Gasteiger partial charge in [0, 0.05) is 33.9 Å². The number of rotatable bonds is 5. The number of nitrogens with one attached hydrogen (secondary N) is 2. The van der Waals surface area contributed by atoms with Crippen molar-refractivity contribution in [1.29, 1.82) is 0 Å². The molecular formula is C22H20N2O6. The first-order valence-corrected chi connectivity index (χ1v) is 9.30. The third-order valence-corrected chi connectivity index (χ3v) is 5.00. The zero-order valence-corrected chi connectivity index (χ0v) is 16.7. The van der Waals surface area contributed by atoms with Crippen LogP contribution < -0.4 is 20.2 Å². The second-order valence-electron chi connectivity index (χ2n) is 6.99. The number of amides is 1. The molecule has 0 spiro atoms. The lowest BCUT2D eigenvalue weighted by Crippen LogP contribution is -2.16. The van der Waals surface area contributed by atoms with Crippen molar-refractivity contribution in [3.8, 4) is 11.5 Å². The van der Waals surface area contributed by atoms with Crippen LogP contribution >= 0.6 is 0 Å². The minimum atomic E-state index is -0.737. The summed E-state index contributed by atoms with van der Waals surface area (Å²) in [7, 11) is 2.92. The molecule has 0 unspecified atom stereocenters. The van der Waals surface area contributed by atoms with E-state index in [-0.39, 0.29) is 29.1 Å². The Morgan fingerprint density at radius 1 is 1.13 bits per heavy atom. The molecule has 154 valence electrons. The molecule has 0 fully saturated rings. The molecular weight excluding hydrogens is 388 g/mol. The number of carbonyl (C=O) groups excluding carboxylic acids is 2. The zero-order chi connectivity index (χ0) is 21.4. The summed E-state index contributed by atoms with van der Waals surface area (Å²) >= 11 is 0. The highest BCUT2D eigenvalue weighted by Crippen LogP contribution is 2.43. The number of ether oxygens (including phenoxy) is 3. The molecule has 30 heavy (non-hydrogen) atoms. The van der Waals surface area contributed by atoms with Crippen LogP contribution in [0.5, 0.6) is 11.5 Å². The molecule has 2 N–H and O–H groups in total.